The number of methoxy groups -OCH3 is 2. The number of rotatable bonds is 6. The molecule has 0 aliphatic carbocycles. The van der Waals surface area contributed by atoms with Crippen molar-refractivity contribution in [2.75, 3.05) is 26.1 Å². The Bertz CT molecular complexity index is 828. The normalized spacial score (nSPS) is 9.92. The van der Waals surface area contributed by atoms with Gasteiger partial charge in [0, 0.05) is 6.20 Å². The summed E-state index contributed by atoms with van der Waals surface area (Å²) in [4.78, 5) is 49.8. The number of hydrogen-bond acceptors (Lipinski definition) is 7. The molecule has 9 heteroatoms. The Morgan fingerprint density at radius 1 is 1.00 bits per heavy atom. The standard InChI is InChI=1S/C17H16N2O7/c1-24-15(21)10-5-6-11(16(22)25-2)13(8-10)19-14(20)9-26-17(23)12-4-3-7-18-12/h3-8,18H,9H2,1-2H3,(H,19,20). The zero-order valence-corrected chi connectivity index (χ0v) is 14.0. The van der Waals surface area contributed by atoms with Crippen molar-refractivity contribution in [1.82, 2.24) is 4.98 Å². The highest BCUT2D eigenvalue weighted by Gasteiger charge is 2.18. The minimum Gasteiger partial charge on any atom is -0.465 e. The minimum atomic E-state index is -0.708. The number of benzene rings is 1. The lowest BCUT2D eigenvalue weighted by Crippen LogP contribution is -2.22. The average molecular weight is 360 g/mol. The molecule has 0 atom stereocenters. The van der Waals surface area contributed by atoms with Crippen LogP contribution in [0.2, 0.25) is 0 Å². The molecule has 0 unspecified atom stereocenters. The van der Waals surface area contributed by atoms with E-state index in [1.807, 2.05) is 0 Å². The molecule has 1 aromatic heterocycles. The molecule has 2 aromatic rings. The lowest BCUT2D eigenvalue weighted by atomic mass is 10.1. The van der Waals surface area contributed by atoms with Crippen LogP contribution in [-0.2, 0) is 19.0 Å². The van der Waals surface area contributed by atoms with E-state index in [4.69, 9.17) is 4.74 Å². The number of amides is 1. The Morgan fingerprint density at radius 2 is 1.73 bits per heavy atom. The van der Waals surface area contributed by atoms with Crippen molar-refractivity contribution in [2.45, 2.75) is 0 Å². The first-order valence-electron chi connectivity index (χ1n) is 7.37. The number of carbonyl (C=O) groups is 4. The molecule has 0 aliphatic heterocycles. The molecule has 1 amide bonds. The zero-order chi connectivity index (χ0) is 19.1. The first-order valence-corrected chi connectivity index (χ1v) is 7.37. The summed E-state index contributed by atoms with van der Waals surface area (Å²) in [6, 6.07) is 7.05. The maximum Gasteiger partial charge on any atom is 0.355 e. The van der Waals surface area contributed by atoms with E-state index in [2.05, 4.69) is 19.8 Å². The van der Waals surface area contributed by atoms with Crippen molar-refractivity contribution in [2.24, 2.45) is 0 Å². The molecule has 0 saturated carbocycles. The van der Waals surface area contributed by atoms with Crippen molar-refractivity contribution in [3.8, 4) is 0 Å². The van der Waals surface area contributed by atoms with Gasteiger partial charge < -0.3 is 24.5 Å². The summed E-state index contributed by atoms with van der Waals surface area (Å²) in [5.74, 6) is -2.76. The highest BCUT2D eigenvalue weighted by atomic mass is 16.5. The first kappa shape index (κ1) is 18.7. The number of carbonyl (C=O) groups excluding carboxylic acids is 4. The van der Waals surface area contributed by atoms with E-state index >= 15 is 0 Å². The lowest BCUT2D eigenvalue weighted by molar-refractivity contribution is -0.119. The Hall–Kier alpha value is -3.62. The third-order valence-electron chi connectivity index (χ3n) is 3.27. The highest BCUT2D eigenvalue weighted by Crippen LogP contribution is 2.19. The number of hydrogen-bond donors (Lipinski definition) is 2. The van der Waals surface area contributed by atoms with Crippen LogP contribution in [0.4, 0.5) is 5.69 Å². The van der Waals surface area contributed by atoms with Gasteiger partial charge >= 0.3 is 17.9 Å². The van der Waals surface area contributed by atoms with Gasteiger partial charge in [-0.05, 0) is 30.3 Å². The molecular weight excluding hydrogens is 344 g/mol. The summed E-state index contributed by atoms with van der Waals surface area (Å²) < 4.78 is 14.1. The SMILES string of the molecule is COC(=O)c1ccc(C(=O)OC)c(NC(=O)COC(=O)c2ccc[nH]2)c1. The number of esters is 3. The summed E-state index contributed by atoms with van der Waals surface area (Å²) in [6.07, 6.45) is 1.54. The number of nitrogens with one attached hydrogen (secondary N) is 2. The summed E-state index contributed by atoms with van der Waals surface area (Å²) >= 11 is 0. The van der Waals surface area contributed by atoms with Gasteiger partial charge in [0.05, 0.1) is 31.0 Å². The van der Waals surface area contributed by atoms with E-state index in [0.717, 1.165) is 0 Å². The second kappa shape index (κ2) is 8.47. The number of ether oxygens (including phenoxy) is 3. The molecule has 1 aromatic carbocycles. The molecule has 0 fully saturated rings. The smallest absolute Gasteiger partial charge is 0.355 e. The van der Waals surface area contributed by atoms with Crippen molar-refractivity contribution >= 4 is 29.5 Å². The quantitative estimate of drug-likeness (QED) is 0.589. The maximum atomic E-state index is 12.0. The van der Waals surface area contributed by atoms with Gasteiger partial charge in [0.15, 0.2) is 6.61 Å². The lowest BCUT2D eigenvalue weighted by Gasteiger charge is -2.11. The summed E-state index contributed by atoms with van der Waals surface area (Å²) in [5.41, 5.74) is 0.379. The third kappa shape index (κ3) is 4.47. The molecule has 1 heterocycles. The molecule has 0 aliphatic rings. The van der Waals surface area contributed by atoms with Crippen LogP contribution >= 0.6 is 0 Å². The first-order chi connectivity index (χ1) is 12.5. The van der Waals surface area contributed by atoms with Gasteiger partial charge in [-0.3, -0.25) is 4.79 Å². The fourth-order valence-electron chi connectivity index (χ4n) is 2.03. The van der Waals surface area contributed by atoms with Gasteiger partial charge in [0.1, 0.15) is 5.69 Å². The zero-order valence-electron chi connectivity index (χ0n) is 14.0. The molecule has 0 bridgehead atoms. The van der Waals surface area contributed by atoms with E-state index in [1.54, 1.807) is 6.07 Å². The van der Waals surface area contributed by atoms with Gasteiger partial charge in [-0.15, -0.1) is 0 Å². The molecule has 2 N–H and O–H groups in total. The van der Waals surface area contributed by atoms with Crippen molar-refractivity contribution in [3.05, 3.63) is 53.3 Å². The van der Waals surface area contributed by atoms with E-state index < -0.39 is 30.4 Å². The molecule has 9 nitrogen and oxygen atoms in total. The van der Waals surface area contributed by atoms with Crippen molar-refractivity contribution in [3.63, 3.8) is 0 Å². The fraction of sp³-hybridized carbons (Fsp3) is 0.176. The van der Waals surface area contributed by atoms with Crippen LogP contribution in [0, 0.1) is 0 Å². The minimum absolute atomic E-state index is 0.0284. The highest BCUT2D eigenvalue weighted by molar-refractivity contribution is 6.04. The van der Waals surface area contributed by atoms with Crippen LogP contribution in [0.5, 0.6) is 0 Å². The van der Waals surface area contributed by atoms with Gasteiger partial charge in [0.25, 0.3) is 5.91 Å². The summed E-state index contributed by atoms with van der Waals surface area (Å²) in [7, 11) is 2.38. The molecule has 0 saturated heterocycles. The molecular formula is C17H16N2O7. The van der Waals surface area contributed by atoms with Crippen LogP contribution in [-0.4, -0.2) is 49.6 Å². The Morgan fingerprint density at radius 3 is 2.35 bits per heavy atom. The van der Waals surface area contributed by atoms with Crippen LogP contribution in [0.25, 0.3) is 0 Å². The second-order valence-electron chi connectivity index (χ2n) is 4.95. The Balaban J connectivity index is 2.12. The third-order valence-corrected chi connectivity index (χ3v) is 3.27. The summed E-state index contributed by atoms with van der Waals surface area (Å²) in [5, 5.41) is 2.41. The van der Waals surface area contributed by atoms with Crippen LogP contribution in [0.1, 0.15) is 31.2 Å². The average Bonchev–Trinajstić information content (AvgIpc) is 3.19. The maximum absolute atomic E-state index is 12.0. The Labute approximate surface area is 148 Å². The van der Waals surface area contributed by atoms with Crippen molar-refractivity contribution in [1.29, 1.82) is 0 Å². The van der Waals surface area contributed by atoms with E-state index in [9.17, 15) is 19.2 Å². The second-order valence-corrected chi connectivity index (χ2v) is 4.95. The van der Waals surface area contributed by atoms with Crippen LogP contribution in [0.15, 0.2) is 36.5 Å². The largest absolute Gasteiger partial charge is 0.465 e. The van der Waals surface area contributed by atoms with E-state index in [1.165, 1.54) is 44.7 Å². The van der Waals surface area contributed by atoms with Gasteiger partial charge in [-0.25, -0.2) is 14.4 Å². The number of aromatic nitrogens is 1. The Kier molecular flexibility index (Phi) is 6.10. The van der Waals surface area contributed by atoms with Crippen molar-refractivity contribution < 1.29 is 33.4 Å². The number of aromatic amines is 1. The van der Waals surface area contributed by atoms with Crippen LogP contribution in [0.3, 0.4) is 0 Å². The van der Waals surface area contributed by atoms with E-state index in [0.29, 0.717) is 0 Å². The topological polar surface area (TPSA) is 124 Å². The predicted molar refractivity (Wildman–Crippen MR) is 88.8 cm³/mol. The summed E-state index contributed by atoms with van der Waals surface area (Å²) in [6.45, 7) is -0.582. The number of anilines is 1. The number of H-pyrrole nitrogens is 1. The van der Waals surface area contributed by atoms with Gasteiger partial charge in [-0.1, -0.05) is 0 Å². The van der Waals surface area contributed by atoms with E-state index in [-0.39, 0.29) is 22.5 Å². The molecule has 0 radical (unpaired) electrons. The molecule has 0 spiro atoms. The molecule has 136 valence electrons. The molecule has 26 heavy (non-hydrogen) atoms. The fourth-order valence-corrected chi connectivity index (χ4v) is 2.03. The van der Waals surface area contributed by atoms with Gasteiger partial charge in [-0.2, -0.15) is 0 Å². The molecule has 2 rings (SSSR count). The van der Waals surface area contributed by atoms with Crippen LogP contribution < -0.4 is 5.32 Å². The van der Waals surface area contributed by atoms with Gasteiger partial charge in [0.2, 0.25) is 0 Å². The predicted octanol–water partition coefficient (Wildman–Crippen LogP) is 1.38. The monoisotopic (exact) mass is 360 g/mol.